The van der Waals surface area contributed by atoms with Crippen LogP contribution in [0.15, 0.2) is 47.6 Å². The van der Waals surface area contributed by atoms with Gasteiger partial charge in [0, 0.05) is 5.69 Å². The summed E-state index contributed by atoms with van der Waals surface area (Å²) in [5, 5.41) is 7.09. The zero-order valence-corrected chi connectivity index (χ0v) is 16.2. The molecule has 0 aliphatic heterocycles. The summed E-state index contributed by atoms with van der Waals surface area (Å²) >= 11 is 11.7. The maximum Gasteiger partial charge on any atom is 0.249 e. The van der Waals surface area contributed by atoms with Crippen molar-refractivity contribution in [3.63, 3.8) is 0 Å². The van der Waals surface area contributed by atoms with E-state index in [1.165, 1.54) is 12.3 Å². The highest BCUT2D eigenvalue weighted by molar-refractivity contribution is 6.42. The van der Waals surface area contributed by atoms with Gasteiger partial charge in [-0.2, -0.15) is 5.10 Å². The molecule has 0 aliphatic rings. The van der Waals surface area contributed by atoms with Gasteiger partial charge in [-0.15, -0.1) is 0 Å². The lowest BCUT2D eigenvalue weighted by Gasteiger charge is -2.06. The fourth-order valence-corrected chi connectivity index (χ4v) is 2.31. The number of anilines is 1. The topological polar surface area (TPSA) is 79.8 Å². The molecular weight excluding hydrogens is 389 g/mol. The van der Waals surface area contributed by atoms with Gasteiger partial charge < -0.3 is 10.1 Å². The molecule has 0 spiro atoms. The largest absolute Gasteiger partial charge is 0.494 e. The molecule has 27 heavy (non-hydrogen) atoms. The Hall–Kier alpha value is -2.57. The summed E-state index contributed by atoms with van der Waals surface area (Å²) in [7, 11) is 0. The Balaban J connectivity index is 1.78. The van der Waals surface area contributed by atoms with Gasteiger partial charge in [-0.05, 0) is 54.4 Å². The van der Waals surface area contributed by atoms with Crippen LogP contribution in [0.3, 0.4) is 0 Å². The van der Waals surface area contributed by atoms with Crippen molar-refractivity contribution in [3.05, 3.63) is 58.1 Å². The lowest BCUT2D eigenvalue weighted by Crippen LogP contribution is -2.24. The molecule has 0 atom stereocenters. The van der Waals surface area contributed by atoms with Crippen LogP contribution in [0, 0.1) is 0 Å². The van der Waals surface area contributed by atoms with Crippen LogP contribution in [0.1, 0.15) is 25.3 Å². The van der Waals surface area contributed by atoms with E-state index in [2.05, 4.69) is 15.8 Å². The number of halogens is 2. The van der Waals surface area contributed by atoms with Crippen LogP contribution in [-0.4, -0.2) is 24.6 Å². The number of benzene rings is 2. The smallest absolute Gasteiger partial charge is 0.249 e. The second-order valence-electron chi connectivity index (χ2n) is 5.56. The van der Waals surface area contributed by atoms with Crippen LogP contribution in [0.5, 0.6) is 5.75 Å². The molecule has 0 fully saturated rings. The molecule has 0 saturated carbocycles. The SMILES string of the molecule is CCCOc1ccc(C=NNC(=O)CC(=O)Nc2ccc(Cl)c(Cl)c2)cc1. The normalized spacial score (nSPS) is 10.6. The maximum absolute atomic E-state index is 11.9. The minimum Gasteiger partial charge on any atom is -0.494 e. The Bertz CT molecular complexity index is 823. The fraction of sp³-hybridized carbons (Fsp3) is 0.211. The monoisotopic (exact) mass is 407 g/mol. The van der Waals surface area contributed by atoms with Crippen molar-refractivity contribution in [1.29, 1.82) is 0 Å². The van der Waals surface area contributed by atoms with E-state index in [0.29, 0.717) is 22.3 Å². The first kappa shape index (κ1) is 20.7. The molecule has 0 heterocycles. The molecular formula is C19H19Cl2N3O3. The number of carbonyl (C=O) groups is 2. The molecule has 2 aromatic carbocycles. The number of rotatable bonds is 8. The first-order valence-corrected chi connectivity index (χ1v) is 9.03. The number of ether oxygens (including phenoxy) is 1. The minimum atomic E-state index is -0.535. The Morgan fingerprint density at radius 1 is 1.07 bits per heavy atom. The molecule has 0 aromatic heterocycles. The van der Waals surface area contributed by atoms with Crippen LogP contribution in [0.2, 0.25) is 10.0 Å². The predicted octanol–water partition coefficient (Wildman–Crippen LogP) is 4.26. The van der Waals surface area contributed by atoms with Crippen LogP contribution in [0.4, 0.5) is 5.69 Å². The molecule has 0 saturated heterocycles. The number of nitrogens with zero attached hydrogens (tertiary/aromatic N) is 1. The second-order valence-corrected chi connectivity index (χ2v) is 6.38. The van der Waals surface area contributed by atoms with Crippen LogP contribution in [-0.2, 0) is 9.59 Å². The molecule has 6 nitrogen and oxygen atoms in total. The van der Waals surface area contributed by atoms with Crippen molar-refractivity contribution >= 4 is 46.9 Å². The van der Waals surface area contributed by atoms with E-state index in [-0.39, 0.29) is 6.42 Å². The van der Waals surface area contributed by atoms with Gasteiger partial charge in [0.1, 0.15) is 12.2 Å². The molecule has 0 unspecified atom stereocenters. The Labute approximate surface area is 167 Å². The summed E-state index contributed by atoms with van der Waals surface area (Å²) in [5.41, 5.74) is 3.55. The predicted molar refractivity (Wildman–Crippen MR) is 108 cm³/mol. The molecule has 0 aliphatic carbocycles. The maximum atomic E-state index is 11.9. The Morgan fingerprint density at radius 2 is 1.81 bits per heavy atom. The first-order valence-electron chi connectivity index (χ1n) is 8.27. The quantitative estimate of drug-likeness (QED) is 0.389. The van der Waals surface area contributed by atoms with Crippen molar-refractivity contribution in [3.8, 4) is 5.75 Å². The van der Waals surface area contributed by atoms with Crippen molar-refractivity contribution in [2.24, 2.45) is 5.10 Å². The van der Waals surface area contributed by atoms with Gasteiger partial charge in [0.05, 0.1) is 22.9 Å². The lowest BCUT2D eigenvalue weighted by molar-refractivity contribution is -0.126. The van der Waals surface area contributed by atoms with Crippen LogP contribution < -0.4 is 15.5 Å². The summed E-state index contributed by atoms with van der Waals surface area (Å²) in [5.74, 6) is -0.248. The van der Waals surface area contributed by atoms with E-state index < -0.39 is 11.8 Å². The highest BCUT2D eigenvalue weighted by Crippen LogP contribution is 2.25. The number of hydrazone groups is 1. The molecule has 2 N–H and O–H groups in total. The molecule has 2 rings (SSSR count). The minimum absolute atomic E-state index is 0.314. The van der Waals surface area contributed by atoms with Gasteiger partial charge >= 0.3 is 0 Å². The second kappa shape index (κ2) is 10.5. The highest BCUT2D eigenvalue weighted by atomic mass is 35.5. The van der Waals surface area contributed by atoms with Gasteiger partial charge in [0.25, 0.3) is 0 Å². The van der Waals surface area contributed by atoms with Gasteiger partial charge in [-0.25, -0.2) is 5.43 Å². The zero-order chi connectivity index (χ0) is 19.6. The van der Waals surface area contributed by atoms with E-state index in [0.717, 1.165) is 17.7 Å². The average molecular weight is 408 g/mol. The average Bonchev–Trinajstić information content (AvgIpc) is 2.64. The number of amides is 2. The highest BCUT2D eigenvalue weighted by Gasteiger charge is 2.09. The van der Waals surface area contributed by atoms with Crippen LogP contribution >= 0.6 is 23.2 Å². The summed E-state index contributed by atoms with van der Waals surface area (Å²) in [6.07, 6.45) is 2.05. The van der Waals surface area contributed by atoms with Gasteiger partial charge in [-0.1, -0.05) is 30.1 Å². The number of hydrogen-bond acceptors (Lipinski definition) is 4. The molecule has 0 bridgehead atoms. The Morgan fingerprint density at radius 3 is 2.48 bits per heavy atom. The molecule has 2 amide bonds. The number of nitrogens with one attached hydrogen (secondary N) is 2. The standard InChI is InChI=1S/C19H19Cl2N3O3/c1-2-9-27-15-6-3-13(4-7-15)12-22-24-19(26)11-18(25)23-14-5-8-16(20)17(21)10-14/h3-8,10,12H,2,9,11H2,1H3,(H,23,25)(H,24,26). The van der Waals surface area contributed by atoms with Crippen molar-refractivity contribution in [1.82, 2.24) is 5.43 Å². The van der Waals surface area contributed by atoms with Gasteiger partial charge in [-0.3, -0.25) is 9.59 Å². The third-order valence-corrected chi connectivity index (χ3v) is 4.02. The molecule has 8 heteroatoms. The van der Waals surface area contributed by atoms with Crippen molar-refractivity contribution in [2.45, 2.75) is 19.8 Å². The number of carbonyl (C=O) groups excluding carboxylic acids is 2. The third-order valence-electron chi connectivity index (χ3n) is 3.28. The van der Waals surface area contributed by atoms with E-state index in [9.17, 15) is 9.59 Å². The van der Waals surface area contributed by atoms with Crippen LogP contribution in [0.25, 0.3) is 0 Å². The Kier molecular flexibility index (Phi) is 8.10. The van der Waals surface area contributed by atoms with Crippen molar-refractivity contribution < 1.29 is 14.3 Å². The lowest BCUT2D eigenvalue weighted by atomic mass is 10.2. The third kappa shape index (κ3) is 7.29. The van der Waals surface area contributed by atoms with E-state index in [4.69, 9.17) is 27.9 Å². The van der Waals surface area contributed by atoms with Gasteiger partial charge in [0.15, 0.2) is 0 Å². The van der Waals surface area contributed by atoms with E-state index >= 15 is 0 Å². The number of hydrogen-bond donors (Lipinski definition) is 2. The van der Waals surface area contributed by atoms with Crippen molar-refractivity contribution in [2.75, 3.05) is 11.9 Å². The summed E-state index contributed by atoms with van der Waals surface area (Å²) in [6.45, 7) is 2.70. The summed E-state index contributed by atoms with van der Waals surface area (Å²) in [6, 6.07) is 11.9. The van der Waals surface area contributed by atoms with E-state index in [1.54, 1.807) is 12.1 Å². The summed E-state index contributed by atoms with van der Waals surface area (Å²) < 4.78 is 5.49. The first-order chi connectivity index (χ1) is 13.0. The zero-order valence-electron chi connectivity index (χ0n) is 14.7. The summed E-state index contributed by atoms with van der Waals surface area (Å²) in [4.78, 5) is 23.6. The molecule has 142 valence electrons. The molecule has 2 aromatic rings. The van der Waals surface area contributed by atoms with Gasteiger partial charge in [0.2, 0.25) is 11.8 Å². The fourth-order valence-electron chi connectivity index (χ4n) is 2.01. The molecule has 0 radical (unpaired) electrons. The van der Waals surface area contributed by atoms with E-state index in [1.807, 2.05) is 31.2 Å².